The van der Waals surface area contributed by atoms with Crippen LogP contribution < -0.4 is 5.32 Å². The summed E-state index contributed by atoms with van der Waals surface area (Å²) in [5.74, 6) is -0.0301. The highest BCUT2D eigenvalue weighted by molar-refractivity contribution is 9.10. The van der Waals surface area contributed by atoms with Gasteiger partial charge in [0.15, 0.2) is 5.82 Å². The number of carbonyl (C=O) groups is 1. The molecule has 164 valence electrons. The standard InChI is InChI=1S/C19H13Br2ClN6O3S/c1-9-6-10(20)7-11(18-25-26-19(31-18)32(2)30)15(9)24-17(29)13-8-14(21)27-28(13)16-12(22)4-3-5-23-16/h3-8H,1-2H3,(H,24,29). The van der Waals surface area contributed by atoms with Crippen molar-refractivity contribution in [3.8, 4) is 17.3 Å². The van der Waals surface area contributed by atoms with Gasteiger partial charge in [0.1, 0.15) is 16.6 Å². The van der Waals surface area contributed by atoms with Gasteiger partial charge in [-0.05, 0) is 52.7 Å². The van der Waals surface area contributed by atoms with Crippen LogP contribution in [-0.4, -0.2) is 41.7 Å². The van der Waals surface area contributed by atoms with Crippen LogP contribution in [-0.2, 0) is 11.2 Å². The number of benzene rings is 1. The van der Waals surface area contributed by atoms with Gasteiger partial charge in [-0.1, -0.05) is 32.6 Å². The third-order valence-corrected chi connectivity index (χ3v) is 6.07. The van der Waals surface area contributed by atoms with E-state index in [1.807, 2.05) is 13.0 Å². The van der Waals surface area contributed by atoms with Crippen LogP contribution in [0.5, 0.6) is 0 Å². The fourth-order valence-corrected chi connectivity index (χ4v) is 4.40. The van der Waals surface area contributed by atoms with Crippen molar-refractivity contribution in [3.63, 3.8) is 0 Å². The first-order chi connectivity index (χ1) is 15.2. The molecule has 3 aromatic heterocycles. The molecule has 1 amide bonds. The van der Waals surface area contributed by atoms with Gasteiger partial charge in [0.2, 0.25) is 0 Å². The van der Waals surface area contributed by atoms with Crippen LogP contribution in [0.2, 0.25) is 5.02 Å². The van der Waals surface area contributed by atoms with Crippen molar-refractivity contribution in [2.45, 2.75) is 12.1 Å². The number of rotatable bonds is 5. The summed E-state index contributed by atoms with van der Waals surface area (Å²) >= 11 is 11.6. The summed E-state index contributed by atoms with van der Waals surface area (Å²) < 4.78 is 19.7. The summed E-state index contributed by atoms with van der Waals surface area (Å²) in [5.41, 5.74) is 1.86. The van der Waals surface area contributed by atoms with Crippen LogP contribution in [0.1, 0.15) is 16.1 Å². The van der Waals surface area contributed by atoms with Crippen molar-refractivity contribution in [1.82, 2.24) is 25.0 Å². The van der Waals surface area contributed by atoms with E-state index in [0.29, 0.717) is 26.7 Å². The molecule has 4 rings (SSSR count). The molecular formula is C19H13Br2ClN6O3S. The normalized spacial score (nSPS) is 12.1. The lowest BCUT2D eigenvalue weighted by Crippen LogP contribution is -2.19. The third-order valence-electron chi connectivity index (χ3n) is 4.27. The predicted molar refractivity (Wildman–Crippen MR) is 127 cm³/mol. The van der Waals surface area contributed by atoms with E-state index in [2.05, 4.69) is 57.5 Å². The molecule has 9 nitrogen and oxygen atoms in total. The van der Waals surface area contributed by atoms with Gasteiger partial charge in [0, 0.05) is 27.9 Å². The quantitative estimate of drug-likeness (QED) is 0.327. The second-order valence-corrected chi connectivity index (χ2v) is 9.89. The summed E-state index contributed by atoms with van der Waals surface area (Å²) in [6, 6.07) is 8.45. The number of anilines is 1. The zero-order chi connectivity index (χ0) is 23.0. The third kappa shape index (κ3) is 4.59. The Morgan fingerprint density at radius 3 is 2.75 bits per heavy atom. The molecule has 0 saturated carbocycles. The van der Waals surface area contributed by atoms with E-state index in [9.17, 15) is 9.35 Å². The topological polar surface area (TPSA) is 122 Å². The van der Waals surface area contributed by atoms with E-state index in [1.54, 1.807) is 30.5 Å². The highest BCUT2D eigenvalue weighted by Gasteiger charge is 2.24. The molecule has 3 heterocycles. The van der Waals surface area contributed by atoms with Crippen molar-refractivity contribution < 1.29 is 13.8 Å². The highest BCUT2D eigenvalue weighted by atomic mass is 79.9. The number of hydrogen-bond acceptors (Lipinski definition) is 7. The smallest absolute Gasteiger partial charge is 0.435 e. The molecule has 4 aromatic rings. The zero-order valence-corrected chi connectivity index (χ0v) is 21.2. The first-order valence-electron chi connectivity index (χ1n) is 8.90. The molecule has 1 atom stereocenters. The first kappa shape index (κ1) is 22.9. The first-order valence-corrected chi connectivity index (χ1v) is 12.4. The average Bonchev–Trinajstić information content (AvgIpc) is 3.37. The zero-order valence-electron chi connectivity index (χ0n) is 16.5. The minimum atomic E-state index is -1.44. The van der Waals surface area contributed by atoms with Crippen molar-refractivity contribution in [2.75, 3.05) is 11.6 Å². The molecule has 32 heavy (non-hydrogen) atoms. The molecular weight excluding hydrogens is 588 g/mol. The molecule has 0 saturated heterocycles. The monoisotopic (exact) mass is 598 g/mol. The van der Waals surface area contributed by atoms with Crippen molar-refractivity contribution in [3.05, 3.63) is 61.9 Å². The molecule has 1 N–H and O–H groups in total. The minimum Gasteiger partial charge on any atom is -0.608 e. The Balaban J connectivity index is 1.76. The lowest BCUT2D eigenvalue weighted by molar-refractivity contribution is 0.101. The maximum Gasteiger partial charge on any atom is 0.435 e. The van der Waals surface area contributed by atoms with E-state index in [1.165, 1.54) is 10.9 Å². The Morgan fingerprint density at radius 2 is 2.06 bits per heavy atom. The SMILES string of the molecule is Cc1cc(Br)cc(-c2nnc([S+](C)[O-])o2)c1NC(=O)c1cc(Br)nn1-c1ncccc1Cl. The summed E-state index contributed by atoms with van der Waals surface area (Å²) in [5, 5.41) is 15.3. The molecule has 13 heteroatoms. The van der Waals surface area contributed by atoms with Crippen molar-refractivity contribution in [2.24, 2.45) is 0 Å². The summed E-state index contributed by atoms with van der Waals surface area (Å²) in [7, 11) is 0. The molecule has 0 aliphatic heterocycles. The van der Waals surface area contributed by atoms with Crippen LogP contribution in [0, 0.1) is 6.92 Å². The minimum absolute atomic E-state index is 0.0123. The van der Waals surface area contributed by atoms with E-state index >= 15 is 0 Å². The Labute approximate surface area is 207 Å². The Hall–Kier alpha value is -2.25. The summed E-state index contributed by atoms with van der Waals surface area (Å²) in [6.07, 6.45) is 2.99. The van der Waals surface area contributed by atoms with Gasteiger partial charge in [0.05, 0.1) is 16.3 Å². The maximum absolute atomic E-state index is 13.3. The Kier molecular flexibility index (Phi) is 6.67. The molecule has 1 unspecified atom stereocenters. The van der Waals surface area contributed by atoms with Crippen LogP contribution in [0.15, 0.2) is 55.2 Å². The van der Waals surface area contributed by atoms with Gasteiger partial charge in [-0.15, -0.1) is 5.10 Å². The van der Waals surface area contributed by atoms with Crippen molar-refractivity contribution in [1.29, 1.82) is 0 Å². The van der Waals surface area contributed by atoms with E-state index < -0.39 is 17.1 Å². The van der Waals surface area contributed by atoms with E-state index in [0.717, 1.165) is 10.0 Å². The molecule has 0 radical (unpaired) electrons. The van der Waals surface area contributed by atoms with Gasteiger partial charge >= 0.3 is 5.22 Å². The Bertz CT molecular complexity index is 1330. The van der Waals surface area contributed by atoms with Gasteiger partial charge in [0.25, 0.3) is 11.8 Å². The lowest BCUT2D eigenvalue weighted by Gasteiger charge is -2.13. The Morgan fingerprint density at radius 1 is 1.28 bits per heavy atom. The summed E-state index contributed by atoms with van der Waals surface area (Å²) in [4.78, 5) is 17.5. The number of aromatic nitrogens is 5. The number of nitrogens with zero attached hydrogens (tertiary/aromatic N) is 5. The molecule has 0 spiro atoms. The van der Waals surface area contributed by atoms with Crippen LogP contribution in [0.25, 0.3) is 17.3 Å². The number of pyridine rings is 1. The number of amides is 1. The van der Waals surface area contributed by atoms with Gasteiger partial charge in [-0.3, -0.25) is 4.79 Å². The molecule has 0 aliphatic rings. The molecule has 0 fully saturated rings. The average molecular weight is 601 g/mol. The van der Waals surface area contributed by atoms with Gasteiger partial charge in [-0.25, -0.2) is 9.67 Å². The fraction of sp³-hybridized carbons (Fsp3) is 0.105. The van der Waals surface area contributed by atoms with E-state index in [4.69, 9.17) is 16.0 Å². The van der Waals surface area contributed by atoms with Gasteiger partial charge in [-0.2, -0.15) is 5.10 Å². The maximum atomic E-state index is 13.3. The predicted octanol–water partition coefficient (Wildman–Crippen LogP) is 4.79. The molecule has 1 aromatic carbocycles. The summed E-state index contributed by atoms with van der Waals surface area (Å²) in [6.45, 7) is 1.82. The molecule has 0 aliphatic carbocycles. The lowest BCUT2D eigenvalue weighted by atomic mass is 10.1. The highest BCUT2D eigenvalue weighted by Crippen LogP contribution is 2.34. The van der Waals surface area contributed by atoms with Crippen LogP contribution in [0.3, 0.4) is 0 Å². The van der Waals surface area contributed by atoms with Crippen molar-refractivity contribution >= 4 is 66.2 Å². The van der Waals surface area contributed by atoms with Crippen LogP contribution in [0.4, 0.5) is 5.69 Å². The number of nitrogens with one attached hydrogen (secondary N) is 1. The molecule has 0 bridgehead atoms. The number of hydrogen-bond donors (Lipinski definition) is 1. The largest absolute Gasteiger partial charge is 0.608 e. The van der Waals surface area contributed by atoms with E-state index in [-0.39, 0.29) is 16.8 Å². The van der Waals surface area contributed by atoms with Gasteiger partial charge < -0.3 is 14.3 Å². The second-order valence-electron chi connectivity index (χ2n) is 6.50. The number of halogens is 3. The number of carbonyl (C=O) groups excluding carboxylic acids is 1. The number of aryl methyl sites for hydroxylation is 1. The van der Waals surface area contributed by atoms with Crippen LogP contribution >= 0.6 is 43.5 Å². The second kappa shape index (κ2) is 9.32. The fourth-order valence-electron chi connectivity index (χ4n) is 2.90.